The van der Waals surface area contributed by atoms with E-state index in [-0.39, 0.29) is 0 Å². The Morgan fingerprint density at radius 1 is 1.17 bits per heavy atom. The minimum atomic E-state index is 0.475. The second-order valence-electron chi connectivity index (χ2n) is 7.00. The molecule has 2 fully saturated rings. The van der Waals surface area contributed by atoms with Crippen LogP contribution in [0.4, 0.5) is 0 Å². The van der Waals surface area contributed by atoms with Crippen molar-refractivity contribution in [3.05, 3.63) is 23.4 Å². The van der Waals surface area contributed by atoms with Crippen LogP contribution in [0.5, 0.6) is 0 Å². The summed E-state index contributed by atoms with van der Waals surface area (Å²) in [6.07, 6.45) is 4.74. The Hall–Kier alpha value is -1.80. The molecule has 0 spiro atoms. The lowest BCUT2D eigenvalue weighted by molar-refractivity contribution is 0.0972. The molecule has 24 heavy (non-hydrogen) atoms. The lowest BCUT2D eigenvalue weighted by Crippen LogP contribution is -2.45. The van der Waals surface area contributed by atoms with E-state index in [0.717, 1.165) is 37.2 Å². The van der Waals surface area contributed by atoms with E-state index in [1.165, 1.54) is 25.7 Å². The zero-order chi connectivity index (χ0) is 16.5. The van der Waals surface area contributed by atoms with Crippen LogP contribution < -0.4 is 0 Å². The van der Waals surface area contributed by atoms with Gasteiger partial charge in [0.25, 0.3) is 0 Å². The summed E-state index contributed by atoms with van der Waals surface area (Å²) in [5.41, 5.74) is 0. The van der Waals surface area contributed by atoms with Crippen molar-refractivity contribution in [2.75, 3.05) is 20.1 Å². The predicted octanol–water partition coefficient (Wildman–Crippen LogP) is 1.73. The average molecular weight is 332 g/mol. The van der Waals surface area contributed by atoms with E-state index in [1.807, 2.05) is 6.92 Å². The van der Waals surface area contributed by atoms with Gasteiger partial charge in [0.1, 0.15) is 0 Å². The van der Waals surface area contributed by atoms with Gasteiger partial charge in [-0.15, -0.1) is 0 Å². The Kier molecular flexibility index (Phi) is 4.32. The van der Waals surface area contributed by atoms with Gasteiger partial charge in [0, 0.05) is 25.4 Å². The summed E-state index contributed by atoms with van der Waals surface area (Å²) in [7, 11) is 2.13. The van der Waals surface area contributed by atoms with Crippen molar-refractivity contribution in [3.8, 4) is 0 Å². The van der Waals surface area contributed by atoms with Crippen molar-refractivity contribution >= 4 is 0 Å². The van der Waals surface area contributed by atoms with Gasteiger partial charge >= 0.3 is 0 Å². The number of nitrogens with zero attached hydrogens (tertiary/aromatic N) is 6. The molecule has 1 saturated carbocycles. The third-order valence-electron chi connectivity index (χ3n) is 4.85. The van der Waals surface area contributed by atoms with Crippen molar-refractivity contribution < 1.29 is 9.05 Å². The first-order valence-electron chi connectivity index (χ1n) is 8.71. The highest BCUT2D eigenvalue weighted by Crippen LogP contribution is 2.38. The van der Waals surface area contributed by atoms with Gasteiger partial charge in [-0.05, 0) is 39.3 Å². The molecule has 0 radical (unpaired) electrons. The van der Waals surface area contributed by atoms with Crippen molar-refractivity contribution in [1.29, 1.82) is 0 Å². The molecule has 0 bridgehead atoms. The maximum absolute atomic E-state index is 5.40. The molecular weight excluding hydrogens is 308 g/mol. The fraction of sp³-hybridized carbons (Fsp3) is 0.750. The zero-order valence-electron chi connectivity index (χ0n) is 14.3. The number of hydrogen-bond donors (Lipinski definition) is 0. The van der Waals surface area contributed by atoms with Crippen LogP contribution in [0.15, 0.2) is 9.05 Å². The van der Waals surface area contributed by atoms with Gasteiger partial charge in [0.2, 0.25) is 11.8 Å². The van der Waals surface area contributed by atoms with Crippen molar-refractivity contribution in [1.82, 2.24) is 30.1 Å². The van der Waals surface area contributed by atoms with Gasteiger partial charge < -0.3 is 9.05 Å². The second kappa shape index (κ2) is 6.60. The van der Waals surface area contributed by atoms with E-state index >= 15 is 0 Å². The number of rotatable bonds is 6. The first-order valence-corrected chi connectivity index (χ1v) is 8.71. The zero-order valence-corrected chi connectivity index (χ0v) is 14.3. The fourth-order valence-corrected chi connectivity index (χ4v) is 3.32. The van der Waals surface area contributed by atoms with Crippen LogP contribution in [-0.2, 0) is 13.1 Å². The van der Waals surface area contributed by atoms with Gasteiger partial charge in [-0.2, -0.15) is 9.97 Å². The van der Waals surface area contributed by atoms with E-state index in [1.54, 1.807) is 0 Å². The summed E-state index contributed by atoms with van der Waals surface area (Å²) < 4.78 is 10.5. The molecule has 2 aromatic rings. The number of likely N-dealkylation sites (tertiary alicyclic amines) is 1. The van der Waals surface area contributed by atoms with Crippen LogP contribution in [0.25, 0.3) is 0 Å². The smallest absolute Gasteiger partial charge is 0.240 e. The van der Waals surface area contributed by atoms with Gasteiger partial charge in [-0.3, -0.25) is 9.80 Å². The van der Waals surface area contributed by atoms with Crippen LogP contribution >= 0.6 is 0 Å². The molecule has 0 amide bonds. The maximum Gasteiger partial charge on any atom is 0.240 e. The van der Waals surface area contributed by atoms with E-state index in [2.05, 4.69) is 37.1 Å². The minimum absolute atomic E-state index is 0.475. The lowest BCUT2D eigenvalue weighted by Gasteiger charge is -2.36. The minimum Gasteiger partial charge on any atom is -0.340 e. The molecule has 1 unspecified atom stereocenters. The molecule has 4 rings (SSSR count). The lowest BCUT2D eigenvalue weighted by atomic mass is 10.0. The molecule has 0 aromatic carbocycles. The third kappa shape index (κ3) is 3.64. The summed E-state index contributed by atoms with van der Waals surface area (Å²) >= 11 is 0. The summed E-state index contributed by atoms with van der Waals surface area (Å²) in [4.78, 5) is 13.5. The highest BCUT2D eigenvalue weighted by molar-refractivity contribution is 5.03. The average Bonchev–Trinajstić information content (AvgIpc) is 3.19. The van der Waals surface area contributed by atoms with E-state index in [0.29, 0.717) is 24.4 Å². The van der Waals surface area contributed by atoms with Crippen LogP contribution in [0.2, 0.25) is 0 Å². The standard InChI is InChI=1S/C16H24N6O2/c1-11-17-14(19-23-11)9-22-7-3-4-13(8-22)21(2)10-15-18-16(20-24-15)12-5-6-12/h12-13H,3-10H2,1-2H3. The van der Waals surface area contributed by atoms with E-state index in [9.17, 15) is 0 Å². The van der Waals surface area contributed by atoms with Crippen LogP contribution in [0.1, 0.15) is 55.0 Å². The molecule has 1 saturated heterocycles. The molecule has 3 heterocycles. The number of aromatic nitrogens is 4. The van der Waals surface area contributed by atoms with Gasteiger partial charge in [0.05, 0.1) is 13.1 Å². The molecule has 8 heteroatoms. The van der Waals surface area contributed by atoms with Crippen molar-refractivity contribution in [2.24, 2.45) is 0 Å². The second-order valence-corrected chi connectivity index (χ2v) is 7.00. The molecule has 1 aliphatic carbocycles. The quantitative estimate of drug-likeness (QED) is 0.791. The monoisotopic (exact) mass is 332 g/mol. The Balaban J connectivity index is 1.32. The summed E-state index contributed by atoms with van der Waals surface area (Å²) in [5.74, 6) is 3.54. The summed E-state index contributed by atoms with van der Waals surface area (Å²) in [5, 5.41) is 8.10. The van der Waals surface area contributed by atoms with Gasteiger partial charge in [0.15, 0.2) is 11.6 Å². The topological polar surface area (TPSA) is 84.3 Å². The van der Waals surface area contributed by atoms with Crippen LogP contribution in [0.3, 0.4) is 0 Å². The maximum atomic E-state index is 5.40. The number of piperidine rings is 1. The number of hydrogen-bond acceptors (Lipinski definition) is 8. The molecule has 2 aromatic heterocycles. The third-order valence-corrected chi connectivity index (χ3v) is 4.85. The number of aryl methyl sites for hydroxylation is 1. The molecule has 1 aliphatic heterocycles. The molecule has 0 N–H and O–H groups in total. The Labute approximate surface area is 141 Å². The van der Waals surface area contributed by atoms with Gasteiger partial charge in [-0.25, -0.2) is 0 Å². The normalized spacial score (nSPS) is 22.4. The van der Waals surface area contributed by atoms with Crippen LogP contribution in [-0.4, -0.2) is 56.3 Å². The first kappa shape index (κ1) is 15.7. The Morgan fingerprint density at radius 2 is 2.04 bits per heavy atom. The molecule has 1 atom stereocenters. The van der Waals surface area contributed by atoms with E-state index < -0.39 is 0 Å². The van der Waals surface area contributed by atoms with Crippen molar-refractivity contribution in [2.45, 2.75) is 57.7 Å². The molecule has 8 nitrogen and oxygen atoms in total. The number of likely N-dealkylation sites (N-methyl/N-ethyl adjacent to an activating group) is 1. The largest absolute Gasteiger partial charge is 0.340 e. The molecule has 130 valence electrons. The van der Waals surface area contributed by atoms with Gasteiger partial charge in [-0.1, -0.05) is 10.3 Å². The fourth-order valence-electron chi connectivity index (χ4n) is 3.32. The Morgan fingerprint density at radius 3 is 2.79 bits per heavy atom. The highest BCUT2D eigenvalue weighted by atomic mass is 16.5. The first-order chi connectivity index (χ1) is 11.7. The predicted molar refractivity (Wildman–Crippen MR) is 85.1 cm³/mol. The van der Waals surface area contributed by atoms with E-state index in [4.69, 9.17) is 9.05 Å². The summed E-state index contributed by atoms with van der Waals surface area (Å²) in [6.45, 7) is 5.34. The summed E-state index contributed by atoms with van der Waals surface area (Å²) in [6, 6.07) is 0.475. The molecular formula is C16H24N6O2. The highest BCUT2D eigenvalue weighted by Gasteiger charge is 2.30. The van der Waals surface area contributed by atoms with Crippen molar-refractivity contribution in [3.63, 3.8) is 0 Å². The van der Waals surface area contributed by atoms with Crippen LogP contribution in [0, 0.1) is 6.92 Å². The molecule has 2 aliphatic rings. The Bertz CT molecular complexity index is 680. The SMILES string of the molecule is Cc1nc(CN2CCCC(N(C)Cc3nc(C4CC4)no3)C2)no1.